The first-order chi connectivity index (χ1) is 4.75. The van der Waals surface area contributed by atoms with Crippen molar-refractivity contribution in [1.29, 1.82) is 0 Å². The lowest BCUT2D eigenvalue weighted by Crippen LogP contribution is -2.27. The monoisotopic (exact) mass is 139 g/mol. The quantitative estimate of drug-likeness (QED) is 0.539. The third kappa shape index (κ3) is 0.928. The van der Waals surface area contributed by atoms with Crippen LogP contribution in [0.1, 0.15) is 0 Å². The number of urea groups is 2. The van der Waals surface area contributed by atoms with Crippen LogP contribution in [0.25, 0.3) is 0 Å². The van der Waals surface area contributed by atoms with E-state index in [1.54, 1.807) is 0 Å². The molecule has 0 unspecified atom stereocenters. The molecule has 1 aliphatic rings. The van der Waals surface area contributed by atoms with Crippen LogP contribution in [0, 0.1) is 0 Å². The smallest absolute Gasteiger partial charge is 0.244 e. The van der Waals surface area contributed by atoms with Crippen LogP contribution in [0.3, 0.4) is 0 Å². The molecule has 10 heavy (non-hydrogen) atoms. The molecule has 0 aromatic heterocycles. The minimum absolute atomic E-state index is 0.171. The lowest BCUT2D eigenvalue weighted by Gasteiger charge is -2.04. The lowest BCUT2D eigenvalue weighted by atomic mass is 10.5. The molecular weight excluding hydrogens is 134 g/mol. The predicted molar refractivity (Wildman–Crippen MR) is 32.6 cm³/mol. The Morgan fingerprint density at radius 1 is 1.40 bits per heavy atom. The van der Waals surface area contributed by atoms with Crippen molar-refractivity contribution >= 4 is 12.1 Å². The molecule has 0 saturated heterocycles. The van der Waals surface area contributed by atoms with E-state index in [1.165, 1.54) is 6.08 Å². The second-order valence-corrected chi connectivity index (χ2v) is 1.66. The number of amides is 4. The summed E-state index contributed by atoms with van der Waals surface area (Å²) in [6.45, 7) is 3.53. The van der Waals surface area contributed by atoms with Gasteiger partial charge in [0.1, 0.15) is 0 Å². The number of hydrogen-bond donors (Lipinski definition) is 0. The zero-order valence-electron chi connectivity index (χ0n) is 5.15. The minimum Gasteiger partial charge on any atom is -0.244 e. The average molecular weight is 139 g/mol. The number of rotatable bonds is 2. The van der Waals surface area contributed by atoms with Crippen molar-refractivity contribution in [2.45, 2.75) is 0 Å². The zero-order chi connectivity index (χ0) is 7.56. The van der Waals surface area contributed by atoms with E-state index in [2.05, 4.69) is 16.8 Å². The zero-order valence-corrected chi connectivity index (χ0v) is 5.15. The fourth-order valence-electron chi connectivity index (χ4n) is 0.561. The van der Waals surface area contributed by atoms with Crippen molar-refractivity contribution in [2.24, 2.45) is 10.2 Å². The molecule has 0 atom stereocenters. The van der Waals surface area contributed by atoms with Gasteiger partial charge in [0, 0.05) is 0 Å². The van der Waals surface area contributed by atoms with E-state index in [0.717, 1.165) is 4.90 Å². The Morgan fingerprint density at radius 2 is 1.90 bits per heavy atom. The molecule has 0 bridgehead atoms. The first-order valence-corrected chi connectivity index (χ1v) is 2.64. The molecule has 0 radical (unpaired) electrons. The second-order valence-electron chi connectivity index (χ2n) is 1.66. The number of azo groups is 1. The van der Waals surface area contributed by atoms with Gasteiger partial charge in [0.05, 0.1) is 6.54 Å². The van der Waals surface area contributed by atoms with Gasteiger partial charge in [-0.1, -0.05) is 16.3 Å². The average Bonchev–Trinajstić information content (AvgIpc) is 2.20. The molecule has 52 valence electrons. The van der Waals surface area contributed by atoms with Crippen LogP contribution < -0.4 is 0 Å². The van der Waals surface area contributed by atoms with Gasteiger partial charge in [-0.05, 0) is 0 Å². The van der Waals surface area contributed by atoms with Crippen LogP contribution in [0.5, 0.6) is 0 Å². The van der Waals surface area contributed by atoms with Crippen molar-refractivity contribution in [1.82, 2.24) is 4.90 Å². The van der Waals surface area contributed by atoms with Crippen LogP contribution in [-0.4, -0.2) is 23.5 Å². The summed E-state index contributed by atoms with van der Waals surface area (Å²) < 4.78 is 0. The largest absolute Gasteiger partial charge is 0.370 e. The molecule has 1 aliphatic heterocycles. The van der Waals surface area contributed by atoms with Gasteiger partial charge in [-0.25, -0.2) is 14.5 Å². The Morgan fingerprint density at radius 3 is 2.30 bits per heavy atom. The highest BCUT2D eigenvalue weighted by atomic mass is 16.2. The van der Waals surface area contributed by atoms with Crippen LogP contribution >= 0.6 is 0 Å². The molecule has 0 aromatic rings. The van der Waals surface area contributed by atoms with E-state index < -0.39 is 12.1 Å². The summed E-state index contributed by atoms with van der Waals surface area (Å²) in [5.74, 6) is 0. The first-order valence-electron chi connectivity index (χ1n) is 2.64. The van der Waals surface area contributed by atoms with Crippen LogP contribution in [0.2, 0.25) is 0 Å². The fourth-order valence-corrected chi connectivity index (χ4v) is 0.561. The SMILES string of the molecule is C=CCN1C(=O)N=NC1=O. The maximum atomic E-state index is 10.6. The van der Waals surface area contributed by atoms with Gasteiger partial charge in [0.15, 0.2) is 0 Å². The third-order valence-corrected chi connectivity index (χ3v) is 0.995. The Balaban J connectivity index is 2.69. The summed E-state index contributed by atoms with van der Waals surface area (Å²) in [5.41, 5.74) is 0. The van der Waals surface area contributed by atoms with E-state index in [1.807, 2.05) is 0 Å². The highest BCUT2D eigenvalue weighted by molar-refractivity contribution is 5.98. The van der Waals surface area contributed by atoms with Gasteiger partial charge in [-0.2, -0.15) is 0 Å². The normalized spacial score (nSPS) is 16.6. The van der Waals surface area contributed by atoms with Crippen molar-refractivity contribution in [3.05, 3.63) is 12.7 Å². The highest BCUT2D eigenvalue weighted by Gasteiger charge is 2.25. The molecule has 0 saturated carbocycles. The maximum Gasteiger partial charge on any atom is 0.370 e. The van der Waals surface area contributed by atoms with Crippen LogP contribution in [0.4, 0.5) is 9.59 Å². The summed E-state index contributed by atoms with van der Waals surface area (Å²) in [6.07, 6.45) is 1.44. The fraction of sp³-hybridized carbons (Fsp3) is 0.200. The van der Waals surface area contributed by atoms with Gasteiger partial charge < -0.3 is 0 Å². The second kappa shape index (κ2) is 2.38. The number of nitrogens with zero attached hydrogens (tertiary/aromatic N) is 3. The Bertz CT molecular complexity index is 203. The number of carbonyl (C=O) groups excluding carboxylic acids is 2. The Kier molecular flexibility index (Phi) is 1.57. The van der Waals surface area contributed by atoms with Gasteiger partial charge >= 0.3 is 12.1 Å². The number of hydrogen-bond acceptors (Lipinski definition) is 2. The van der Waals surface area contributed by atoms with E-state index >= 15 is 0 Å². The van der Waals surface area contributed by atoms with Crippen molar-refractivity contribution < 1.29 is 9.59 Å². The minimum atomic E-state index is -0.620. The molecule has 4 amide bonds. The lowest BCUT2D eigenvalue weighted by molar-refractivity contribution is 0.209. The van der Waals surface area contributed by atoms with E-state index in [4.69, 9.17) is 0 Å². The molecule has 0 aromatic carbocycles. The summed E-state index contributed by atoms with van der Waals surface area (Å²) >= 11 is 0. The number of imide groups is 1. The van der Waals surface area contributed by atoms with Gasteiger partial charge in [0.2, 0.25) is 0 Å². The Labute approximate surface area is 57.0 Å². The van der Waals surface area contributed by atoms with E-state index in [9.17, 15) is 9.59 Å². The molecule has 1 rings (SSSR count). The van der Waals surface area contributed by atoms with Crippen LogP contribution in [0.15, 0.2) is 22.9 Å². The summed E-state index contributed by atoms with van der Waals surface area (Å²) in [4.78, 5) is 22.0. The van der Waals surface area contributed by atoms with Gasteiger partial charge in [0.25, 0.3) is 0 Å². The molecule has 0 spiro atoms. The Hall–Kier alpha value is -1.52. The van der Waals surface area contributed by atoms with Crippen molar-refractivity contribution in [2.75, 3.05) is 6.54 Å². The number of carbonyl (C=O) groups is 2. The third-order valence-electron chi connectivity index (χ3n) is 0.995. The molecule has 0 fully saturated rings. The molecule has 0 N–H and O–H groups in total. The molecule has 0 aliphatic carbocycles. The van der Waals surface area contributed by atoms with Crippen molar-refractivity contribution in [3.63, 3.8) is 0 Å². The highest BCUT2D eigenvalue weighted by Crippen LogP contribution is 2.05. The molecule has 1 heterocycles. The first kappa shape index (κ1) is 6.60. The molecular formula is C5H5N3O2. The maximum absolute atomic E-state index is 10.6. The summed E-state index contributed by atoms with van der Waals surface area (Å²) in [6, 6.07) is -1.24. The summed E-state index contributed by atoms with van der Waals surface area (Å²) in [5, 5.41) is 6.06. The van der Waals surface area contributed by atoms with Crippen LogP contribution in [-0.2, 0) is 0 Å². The predicted octanol–water partition coefficient (Wildman–Crippen LogP) is 1.18. The van der Waals surface area contributed by atoms with E-state index in [-0.39, 0.29) is 6.54 Å². The summed E-state index contributed by atoms with van der Waals surface area (Å²) in [7, 11) is 0. The molecule has 5 heteroatoms. The van der Waals surface area contributed by atoms with Crippen molar-refractivity contribution in [3.8, 4) is 0 Å². The van der Waals surface area contributed by atoms with Gasteiger partial charge in [-0.15, -0.1) is 6.58 Å². The topological polar surface area (TPSA) is 62.1 Å². The van der Waals surface area contributed by atoms with E-state index in [0.29, 0.717) is 0 Å². The van der Waals surface area contributed by atoms with Gasteiger partial charge in [-0.3, -0.25) is 0 Å². The standard InChI is InChI=1S/C5H5N3O2/c1-2-3-8-4(9)6-7-5(8)10/h2H,1,3H2. The molecule has 5 nitrogen and oxygen atoms in total.